The number of H-pyrrole nitrogens is 1. The van der Waals surface area contributed by atoms with Crippen molar-refractivity contribution in [1.82, 2.24) is 24.1 Å². The van der Waals surface area contributed by atoms with Gasteiger partial charge in [-0.05, 0) is 18.6 Å². The number of nitrogens with one attached hydrogen (secondary N) is 1. The van der Waals surface area contributed by atoms with E-state index in [9.17, 15) is 9.59 Å². The smallest absolute Gasteiger partial charge is 0.332 e. The molecule has 3 heterocycles. The maximum atomic E-state index is 12.7. The highest BCUT2D eigenvalue weighted by Crippen LogP contribution is 2.17. The first-order valence-corrected chi connectivity index (χ1v) is 7.80. The van der Waals surface area contributed by atoms with Crippen molar-refractivity contribution in [3.63, 3.8) is 0 Å². The second-order valence-corrected chi connectivity index (χ2v) is 5.41. The third-order valence-electron chi connectivity index (χ3n) is 3.76. The standard InChI is InChI=1S/C16H19N5O3/c1-3-7-20-14-12(15(22)21(16(20)23)8-9-24-2)18-13(19-14)11-5-4-6-17-10-11/h4-6,10H,3,7-9H2,1-2H3,(H,18,19). The van der Waals surface area contributed by atoms with Crippen molar-refractivity contribution in [1.29, 1.82) is 0 Å². The van der Waals surface area contributed by atoms with Gasteiger partial charge in [-0.25, -0.2) is 9.78 Å². The summed E-state index contributed by atoms with van der Waals surface area (Å²) < 4.78 is 7.72. The SMILES string of the molecule is CCCn1c(=O)n(CCOC)c(=O)c2[nH]c(-c3cccnc3)nc21. The number of imidazole rings is 1. The molecule has 24 heavy (non-hydrogen) atoms. The van der Waals surface area contributed by atoms with Crippen LogP contribution in [0.25, 0.3) is 22.6 Å². The van der Waals surface area contributed by atoms with Crippen LogP contribution in [0.4, 0.5) is 0 Å². The van der Waals surface area contributed by atoms with Crippen LogP contribution in [0.5, 0.6) is 0 Å². The third kappa shape index (κ3) is 2.76. The van der Waals surface area contributed by atoms with Crippen LogP contribution in [0.1, 0.15) is 13.3 Å². The maximum Gasteiger partial charge on any atom is 0.332 e. The van der Waals surface area contributed by atoms with Crippen molar-refractivity contribution in [2.75, 3.05) is 13.7 Å². The molecule has 0 spiro atoms. The van der Waals surface area contributed by atoms with Crippen molar-refractivity contribution >= 4 is 11.2 Å². The van der Waals surface area contributed by atoms with Gasteiger partial charge in [-0.15, -0.1) is 0 Å². The van der Waals surface area contributed by atoms with Gasteiger partial charge in [0.1, 0.15) is 11.3 Å². The van der Waals surface area contributed by atoms with Crippen molar-refractivity contribution in [3.05, 3.63) is 45.4 Å². The summed E-state index contributed by atoms with van der Waals surface area (Å²) in [5, 5.41) is 0. The van der Waals surface area contributed by atoms with E-state index in [1.807, 2.05) is 13.0 Å². The number of aryl methyl sites for hydroxylation is 1. The number of fused-ring (bicyclic) bond motifs is 1. The van der Waals surface area contributed by atoms with Crippen LogP contribution in [0.2, 0.25) is 0 Å². The molecule has 0 amide bonds. The van der Waals surface area contributed by atoms with E-state index < -0.39 is 0 Å². The Morgan fingerprint density at radius 3 is 2.75 bits per heavy atom. The monoisotopic (exact) mass is 329 g/mol. The van der Waals surface area contributed by atoms with Crippen molar-refractivity contribution in [2.24, 2.45) is 0 Å². The van der Waals surface area contributed by atoms with Crippen LogP contribution in [-0.4, -0.2) is 37.8 Å². The topological polar surface area (TPSA) is 94.8 Å². The van der Waals surface area contributed by atoms with Gasteiger partial charge >= 0.3 is 5.69 Å². The molecule has 0 saturated carbocycles. The Hall–Kier alpha value is -2.74. The number of pyridine rings is 1. The molecule has 8 heteroatoms. The van der Waals surface area contributed by atoms with Crippen LogP contribution in [0.15, 0.2) is 34.1 Å². The Kier molecular flexibility index (Phi) is 4.57. The van der Waals surface area contributed by atoms with Crippen LogP contribution in [-0.2, 0) is 17.8 Å². The van der Waals surface area contributed by atoms with Crippen molar-refractivity contribution < 1.29 is 4.74 Å². The maximum absolute atomic E-state index is 12.7. The fourth-order valence-corrected chi connectivity index (χ4v) is 2.61. The molecule has 0 radical (unpaired) electrons. The van der Waals surface area contributed by atoms with E-state index in [1.54, 1.807) is 18.5 Å². The normalized spacial score (nSPS) is 11.2. The molecule has 0 saturated heterocycles. The van der Waals surface area contributed by atoms with Crippen LogP contribution in [0.3, 0.4) is 0 Å². The van der Waals surface area contributed by atoms with E-state index >= 15 is 0 Å². The summed E-state index contributed by atoms with van der Waals surface area (Å²) in [7, 11) is 1.53. The predicted octanol–water partition coefficient (Wildman–Crippen LogP) is 1.00. The molecule has 0 bridgehead atoms. The van der Waals surface area contributed by atoms with Crippen LogP contribution in [0, 0.1) is 0 Å². The largest absolute Gasteiger partial charge is 0.383 e. The van der Waals surface area contributed by atoms with Gasteiger partial charge in [0.15, 0.2) is 5.65 Å². The van der Waals surface area contributed by atoms with Gasteiger partial charge < -0.3 is 9.72 Å². The zero-order valence-corrected chi connectivity index (χ0v) is 13.7. The Morgan fingerprint density at radius 2 is 2.08 bits per heavy atom. The summed E-state index contributed by atoms with van der Waals surface area (Å²) in [6.45, 7) is 2.95. The summed E-state index contributed by atoms with van der Waals surface area (Å²) >= 11 is 0. The van der Waals surface area contributed by atoms with Gasteiger partial charge in [-0.3, -0.25) is 18.9 Å². The molecule has 0 aliphatic rings. The van der Waals surface area contributed by atoms with E-state index in [0.29, 0.717) is 23.5 Å². The molecule has 3 aromatic heterocycles. The average Bonchev–Trinajstić information content (AvgIpc) is 3.05. The number of aromatic nitrogens is 5. The molecule has 126 valence electrons. The third-order valence-corrected chi connectivity index (χ3v) is 3.76. The van der Waals surface area contributed by atoms with Gasteiger partial charge in [0, 0.05) is 31.6 Å². The Morgan fingerprint density at radius 1 is 1.25 bits per heavy atom. The van der Waals surface area contributed by atoms with Crippen LogP contribution < -0.4 is 11.2 Å². The molecule has 0 fully saturated rings. The number of aromatic amines is 1. The molecule has 0 aliphatic carbocycles. The summed E-state index contributed by atoms with van der Waals surface area (Å²) in [6, 6.07) is 3.63. The molecule has 1 N–H and O–H groups in total. The number of methoxy groups -OCH3 is 1. The highest BCUT2D eigenvalue weighted by atomic mass is 16.5. The lowest BCUT2D eigenvalue weighted by Gasteiger charge is -2.09. The average molecular weight is 329 g/mol. The molecule has 0 aliphatic heterocycles. The lowest BCUT2D eigenvalue weighted by atomic mass is 10.3. The number of nitrogens with zero attached hydrogens (tertiary/aromatic N) is 4. The fraction of sp³-hybridized carbons (Fsp3) is 0.375. The van der Waals surface area contributed by atoms with Crippen LogP contribution >= 0.6 is 0 Å². The molecule has 3 aromatic rings. The minimum Gasteiger partial charge on any atom is -0.383 e. The lowest BCUT2D eigenvalue weighted by Crippen LogP contribution is -2.41. The van der Waals surface area contributed by atoms with E-state index in [1.165, 1.54) is 16.2 Å². The van der Waals surface area contributed by atoms with E-state index in [0.717, 1.165) is 12.0 Å². The van der Waals surface area contributed by atoms with Gasteiger partial charge in [0.25, 0.3) is 5.56 Å². The first kappa shape index (κ1) is 16.1. The van der Waals surface area contributed by atoms with Crippen molar-refractivity contribution in [3.8, 4) is 11.4 Å². The molecular weight excluding hydrogens is 310 g/mol. The van der Waals surface area contributed by atoms with E-state index in [-0.39, 0.29) is 24.4 Å². The first-order chi connectivity index (χ1) is 11.7. The Balaban J connectivity index is 2.26. The molecular formula is C16H19N5O3. The molecule has 8 nitrogen and oxygen atoms in total. The predicted molar refractivity (Wildman–Crippen MR) is 90.0 cm³/mol. The number of hydrogen-bond acceptors (Lipinski definition) is 5. The molecule has 3 rings (SSSR count). The molecule has 0 unspecified atom stereocenters. The van der Waals surface area contributed by atoms with Crippen molar-refractivity contribution in [2.45, 2.75) is 26.4 Å². The first-order valence-electron chi connectivity index (χ1n) is 7.80. The zero-order valence-electron chi connectivity index (χ0n) is 13.7. The zero-order chi connectivity index (χ0) is 17.1. The second-order valence-electron chi connectivity index (χ2n) is 5.41. The quantitative estimate of drug-likeness (QED) is 0.728. The number of rotatable bonds is 6. The summed E-state index contributed by atoms with van der Waals surface area (Å²) in [5.41, 5.74) is 0.696. The van der Waals surface area contributed by atoms with Gasteiger partial charge in [-0.2, -0.15) is 0 Å². The second kappa shape index (κ2) is 6.79. The molecule has 0 atom stereocenters. The fourth-order valence-electron chi connectivity index (χ4n) is 2.61. The summed E-state index contributed by atoms with van der Waals surface area (Å²) in [5.74, 6) is 0.518. The summed E-state index contributed by atoms with van der Waals surface area (Å²) in [4.78, 5) is 36.9. The highest BCUT2D eigenvalue weighted by molar-refractivity contribution is 5.75. The van der Waals surface area contributed by atoms with E-state index in [2.05, 4.69) is 15.0 Å². The highest BCUT2D eigenvalue weighted by Gasteiger charge is 2.17. The minimum absolute atomic E-state index is 0.203. The van der Waals surface area contributed by atoms with Gasteiger partial charge in [-0.1, -0.05) is 6.92 Å². The summed E-state index contributed by atoms with van der Waals surface area (Å²) in [6.07, 6.45) is 4.08. The lowest BCUT2D eigenvalue weighted by molar-refractivity contribution is 0.184. The number of ether oxygens (including phenoxy) is 1. The van der Waals surface area contributed by atoms with Gasteiger partial charge in [0.05, 0.1) is 13.2 Å². The Labute approximate surface area is 137 Å². The van der Waals surface area contributed by atoms with Gasteiger partial charge in [0.2, 0.25) is 0 Å². The minimum atomic E-state index is -0.387. The Bertz CT molecular complexity index is 955. The van der Waals surface area contributed by atoms with E-state index in [4.69, 9.17) is 4.74 Å². The molecule has 0 aromatic carbocycles. The number of hydrogen-bond donors (Lipinski definition) is 1.